The molecule has 0 unspecified atom stereocenters. The van der Waals surface area contributed by atoms with E-state index >= 15 is 0 Å². The smallest absolute Gasteiger partial charge is 0.250 e. The Bertz CT molecular complexity index is 616. The predicted molar refractivity (Wildman–Crippen MR) is 80.5 cm³/mol. The van der Waals surface area contributed by atoms with E-state index in [4.69, 9.17) is 28.7 Å². The highest BCUT2D eigenvalue weighted by atomic mass is 16.1. The van der Waals surface area contributed by atoms with Gasteiger partial charge in [0, 0.05) is 0 Å². The fourth-order valence-corrected chi connectivity index (χ4v) is 1.05. The molecule has 0 bridgehead atoms. The number of rotatable bonds is 2. The zero-order chi connectivity index (χ0) is 16.7. The van der Waals surface area contributed by atoms with Gasteiger partial charge in [-0.3, -0.25) is 10.1 Å². The number of hydrogen-bond acceptors (Lipinski definition) is 12. The van der Waals surface area contributed by atoms with Crippen molar-refractivity contribution in [1.29, 1.82) is 0 Å². The second-order valence-electron chi connectivity index (χ2n) is 3.48. The first-order chi connectivity index (χ1) is 10.3. The van der Waals surface area contributed by atoms with Gasteiger partial charge in [-0.1, -0.05) is 6.58 Å². The second kappa shape index (κ2) is 7.13. The van der Waals surface area contributed by atoms with Crippen molar-refractivity contribution < 1.29 is 4.79 Å². The van der Waals surface area contributed by atoms with Gasteiger partial charge in [-0.25, -0.2) is 0 Å². The fourth-order valence-electron chi connectivity index (χ4n) is 1.05. The maximum absolute atomic E-state index is 10.8. The van der Waals surface area contributed by atoms with E-state index in [9.17, 15) is 4.79 Å². The fraction of sp³-hybridized carbons (Fsp3) is 0. The van der Waals surface area contributed by atoms with E-state index in [1.165, 1.54) is 0 Å². The Morgan fingerprint density at radius 1 is 0.773 bits per heavy atom. The average molecular weight is 306 g/mol. The average Bonchev–Trinajstić information content (AvgIpc) is 2.36. The van der Waals surface area contributed by atoms with Gasteiger partial charge in [0.05, 0.1) is 0 Å². The highest BCUT2D eigenvalue weighted by molar-refractivity contribution is 5.97. The van der Waals surface area contributed by atoms with Gasteiger partial charge in [0.1, 0.15) is 0 Å². The van der Waals surface area contributed by atoms with Crippen molar-refractivity contribution in [1.82, 2.24) is 29.9 Å². The van der Waals surface area contributed by atoms with Crippen molar-refractivity contribution in [3.8, 4) is 0 Å². The molecule has 0 radical (unpaired) electrons. The van der Waals surface area contributed by atoms with Gasteiger partial charge in [-0.2, -0.15) is 29.9 Å². The first kappa shape index (κ1) is 16.3. The highest BCUT2D eigenvalue weighted by Gasteiger charge is 2.03. The Hall–Kier alpha value is -3.77. The summed E-state index contributed by atoms with van der Waals surface area (Å²) in [6.07, 6.45) is 1.08. The molecular weight excluding hydrogens is 292 g/mol. The molecule has 0 saturated heterocycles. The third kappa shape index (κ3) is 5.47. The maximum Gasteiger partial charge on any atom is 0.250 e. The van der Waals surface area contributed by atoms with Crippen LogP contribution in [-0.4, -0.2) is 35.8 Å². The van der Waals surface area contributed by atoms with E-state index in [0.29, 0.717) is 0 Å². The summed E-state index contributed by atoms with van der Waals surface area (Å²) >= 11 is 0. The van der Waals surface area contributed by atoms with Crippen LogP contribution < -0.4 is 34.0 Å². The van der Waals surface area contributed by atoms with Crippen LogP contribution in [-0.2, 0) is 4.79 Å². The molecule has 2 rings (SSSR count). The van der Waals surface area contributed by atoms with E-state index in [1.807, 2.05) is 0 Å². The third-order valence-corrected chi connectivity index (χ3v) is 1.78. The lowest BCUT2D eigenvalue weighted by Gasteiger charge is -2.00. The van der Waals surface area contributed by atoms with E-state index in [0.717, 1.165) is 6.08 Å². The van der Waals surface area contributed by atoms with Crippen LogP contribution in [0.2, 0.25) is 0 Å². The van der Waals surface area contributed by atoms with Gasteiger partial charge >= 0.3 is 0 Å². The zero-order valence-corrected chi connectivity index (χ0v) is 11.3. The zero-order valence-electron chi connectivity index (χ0n) is 11.3. The minimum atomic E-state index is -0.440. The summed E-state index contributed by atoms with van der Waals surface area (Å²) in [6.45, 7) is 3.26. The van der Waals surface area contributed by atoms with Gasteiger partial charge in [-0.15, -0.1) is 0 Å². The summed E-state index contributed by atoms with van der Waals surface area (Å²) in [4.78, 5) is 32.0. The predicted octanol–water partition coefficient (Wildman–Crippen LogP) is -2.22. The molecule has 0 aromatic carbocycles. The normalized spacial score (nSPS) is 9.27. The van der Waals surface area contributed by atoms with Crippen LogP contribution >= 0.6 is 0 Å². The van der Waals surface area contributed by atoms with Crippen LogP contribution in [0.15, 0.2) is 12.7 Å². The Labute approximate surface area is 124 Å². The summed E-state index contributed by atoms with van der Waals surface area (Å²) in [6, 6.07) is 0. The first-order valence-electron chi connectivity index (χ1n) is 5.53. The molecule has 22 heavy (non-hydrogen) atoms. The van der Waals surface area contributed by atoms with E-state index in [-0.39, 0.29) is 35.7 Å². The van der Waals surface area contributed by atoms with Crippen LogP contribution in [0.1, 0.15) is 0 Å². The Kier molecular flexibility index (Phi) is 5.28. The van der Waals surface area contributed by atoms with Crippen LogP contribution in [0.25, 0.3) is 0 Å². The summed E-state index contributed by atoms with van der Waals surface area (Å²) in [5.74, 6) is -0.404. The molecule has 116 valence electrons. The number of nitrogen functional groups attached to an aromatic ring is 5. The minimum Gasteiger partial charge on any atom is -0.368 e. The number of nitrogens with one attached hydrogen (secondary N) is 1. The van der Waals surface area contributed by atoms with Crippen molar-refractivity contribution in [2.45, 2.75) is 0 Å². The molecule has 0 fully saturated rings. The largest absolute Gasteiger partial charge is 0.368 e. The standard InChI is InChI=1S/C6H8N6O.C3H6N6/c1-2-3(13)9-6-11-4(7)10-5(8)12-6;4-1-7-2(5)9-3(6)8-1/h2H,1H2,(H5,7,8,9,10,11,12,13);(H6,4,5,6,7,8,9). The lowest BCUT2D eigenvalue weighted by Crippen LogP contribution is -2.13. The van der Waals surface area contributed by atoms with Gasteiger partial charge in [-0.05, 0) is 6.08 Å². The molecule has 2 heterocycles. The van der Waals surface area contributed by atoms with Crippen LogP contribution in [0.5, 0.6) is 0 Å². The van der Waals surface area contributed by atoms with Gasteiger partial charge < -0.3 is 28.7 Å². The quantitative estimate of drug-likeness (QED) is 0.323. The van der Waals surface area contributed by atoms with Gasteiger partial charge in [0.15, 0.2) is 0 Å². The number of nitrogens with zero attached hydrogens (tertiary/aromatic N) is 6. The third-order valence-electron chi connectivity index (χ3n) is 1.78. The Morgan fingerprint density at radius 3 is 1.41 bits per heavy atom. The number of hydrogen-bond donors (Lipinski definition) is 6. The Balaban J connectivity index is 0.000000235. The number of carbonyl (C=O) groups is 1. The van der Waals surface area contributed by atoms with E-state index in [1.54, 1.807) is 0 Å². The molecule has 0 atom stereocenters. The lowest BCUT2D eigenvalue weighted by molar-refractivity contribution is -0.111. The molecule has 11 N–H and O–H groups in total. The lowest BCUT2D eigenvalue weighted by atomic mass is 10.6. The molecule has 13 nitrogen and oxygen atoms in total. The number of anilines is 6. The SMILES string of the molecule is C=CC(=O)Nc1nc(N)nc(N)n1.Nc1nc(N)nc(N)n1. The molecular formula is C9H14N12O. The van der Waals surface area contributed by atoms with Gasteiger partial charge in [0.2, 0.25) is 41.6 Å². The summed E-state index contributed by atoms with van der Waals surface area (Å²) in [5, 5.41) is 2.29. The Morgan fingerprint density at radius 2 is 1.09 bits per heavy atom. The topological polar surface area (TPSA) is 237 Å². The van der Waals surface area contributed by atoms with Crippen molar-refractivity contribution in [2.24, 2.45) is 0 Å². The van der Waals surface area contributed by atoms with Crippen LogP contribution in [0.3, 0.4) is 0 Å². The first-order valence-corrected chi connectivity index (χ1v) is 5.53. The molecule has 0 aliphatic heterocycles. The summed E-state index contributed by atoms with van der Waals surface area (Å²) in [5.41, 5.74) is 25.9. The summed E-state index contributed by atoms with van der Waals surface area (Å²) in [7, 11) is 0. The van der Waals surface area contributed by atoms with Crippen molar-refractivity contribution in [3.63, 3.8) is 0 Å². The molecule has 0 aliphatic rings. The highest BCUT2D eigenvalue weighted by Crippen LogP contribution is 2.02. The van der Waals surface area contributed by atoms with Crippen molar-refractivity contribution in [3.05, 3.63) is 12.7 Å². The van der Waals surface area contributed by atoms with Crippen LogP contribution in [0.4, 0.5) is 35.7 Å². The summed E-state index contributed by atoms with van der Waals surface area (Å²) < 4.78 is 0. The van der Waals surface area contributed by atoms with E-state index < -0.39 is 5.91 Å². The molecule has 2 aromatic heterocycles. The van der Waals surface area contributed by atoms with Gasteiger partial charge in [0.25, 0.3) is 0 Å². The van der Waals surface area contributed by atoms with Crippen LogP contribution in [0, 0.1) is 0 Å². The molecule has 0 spiro atoms. The minimum absolute atomic E-state index is 0.00917. The molecule has 0 aliphatic carbocycles. The molecule has 1 amide bonds. The monoisotopic (exact) mass is 306 g/mol. The maximum atomic E-state index is 10.8. The van der Waals surface area contributed by atoms with Crippen molar-refractivity contribution in [2.75, 3.05) is 34.0 Å². The van der Waals surface area contributed by atoms with E-state index in [2.05, 4.69) is 41.8 Å². The number of amides is 1. The second-order valence-corrected chi connectivity index (χ2v) is 3.48. The molecule has 0 saturated carbocycles. The number of aromatic nitrogens is 6. The van der Waals surface area contributed by atoms with Crippen molar-refractivity contribution >= 4 is 41.6 Å². The molecule has 13 heteroatoms. The number of nitrogens with two attached hydrogens (primary N) is 5. The molecule has 2 aromatic rings. The number of carbonyl (C=O) groups excluding carboxylic acids is 1.